The van der Waals surface area contributed by atoms with Crippen LogP contribution in [-0.2, 0) is 42.6 Å². The molecule has 2 N–H and O–H groups in total. The third kappa shape index (κ3) is 15.3. The Morgan fingerprint density at radius 2 is 0.869 bits per heavy atom. The predicted octanol–water partition coefficient (Wildman–Crippen LogP) is 26.3. The molecule has 99 heavy (non-hydrogen) atoms. The SMILES string of the molecule is CC(C)(C)CC(C)(C)C1=CC(n2c3ccc(C(C)(C)C)cc3c3cc(C(C)(C)C)ccc32)C(O)(OCCCOc2cc(C(C)(C)C)c(Cl)cc2-c2cc(C(C)(C)CC(C)(C)C)cc(-n3c4ccc(C(C)(C)C)cc4c4cc(C(C)(C)C)ccc43)c2O)C(c2ccc(C(C)(C)C)c(Cl)c2)=C1. The Morgan fingerprint density at radius 3 is 1.30 bits per heavy atom. The summed E-state index contributed by atoms with van der Waals surface area (Å²) >= 11 is 15.0. The minimum absolute atomic E-state index is 0.0144. The Morgan fingerprint density at radius 1 is 0.434 bits per heavy atom. The molecule has 8 heteroatoms. The average molecular weight is 1370 g/mol. The van der Waals surface area contributed by atoms with Crippen LogP contribution >= 0.6 is 23.2 Å². The molecule has 7 aromatic carbocycles. The molecule has 1 aliphatic carbocycles. The number of allylic oxidation sites excluding steroid dienone is 2. The van der Waals surface area contributed by atoms with Crippen LogP contribution in [0.3, 0.4) is 0 Å². The van der Waals surface area contributed by atoms with Crippen LogP contribution in [0.25, 0.3) is 66.0 Å². The van der Waals surface area contributed by atoms with Gasteiger partial charge in [-0.1, -0.05) is 260 Å². The monoisotopic (exact) mass is 1370 g/mol. The molecule has 530 valence electrons. The summed E-state index contributed by atoms with van der Waals surface area (Å²) in [5.74, 6) is -1.22. The summed E-state index contributed by atoms with van der Waals surface area (Å²) in [5, 5.41) is 33.8. The zero-order valence-corrected chi connectivity index (χ0v) is 67.1. The Bertz CT molecular complexity index is 4510. The molecule has 0 spiro atoms. The van der Waals surface area contributed by atoms with Crippen LogP contribution < -0.4 is 4.74 Å². The zero-order chi connectivity index (χ0) is 73.5. The topological polar surface area (TPSA) is 68.8 Å². The Balaban J connectivity index is 1.14. The molecule has 2 heterocycles. The molecule has 0 saturated carbocycles. The number of halogens is 2. The number of ether oxygens (including phenoxy) is 2. The molecule has 2 aromatic heterocycles. The number of benzene rings is 7. The highest BCUT2D eigenvalue weighted by Gasteiger charge is 2.48. The van der Waals surface area contributed by atoms with Crippen LogP contribution in [-0.4, -0.2) is 38.3 Å². The standard InChI is InChI=1S/C91H118Cl2N2O4/c1-81(2,3)53-89(25,26)60-47-67(80(96)77(49-60)94-73-36-31-56(83(7,8)9)43-62(73)63-44-57(84(10,11)12)32-37-74(63)94)66-51-72(93)70(88(22,23)24)52-78(66)98-40-29-41-99-91(97)69(55-30-35-68(71(92)42-55)87(19,20)21)48-61(90(27,28)54-82(4,5)6)50-79(91)95-75-38-33-58(85(13,14)15)45-64(75)65-46-59(86(16,17)18)34-39-76(65)95/h30-39,42-52,79,96-97H,29,40-41,53-54H2,1-28H3. The number of phenols is 1. The fourth-order valence-electron chi connectivity index (χ4n) is 15.8. The van der Waals surface area contributed by atoms with Crippen molar-refractivity contribution >= 4 is 72.4 Å². The summed E-state index contributed by atoms with van der Waals surface area (Å²) in [6.45, 7) is 63.7. The molecule has 0 amide bonds. The number of fused-ring (bicyclic) bond motifs is 6. The number of phenolic OH excluding ortho intramolecular Hbond substituents is 1. The predicted molar refractivity (Wildman–Crippen MR) is 427 cm³/mol. The van der Waals surface area contributed by atoms with Gasteiger partial charge in [0.2, 0.25) is 5.79 Å². The quantitative estimate of drug-likeness (QED) is 0.0841. The van der Waals surface area contributed by atoms with Crippen molar-refractivity contribution < 1.29 is 19.7 Å². The van der Waals surface area contributed by atoms with E-state index in [-0.39, 0.29) is 73.1 Å². The van der Waals surface area contributed by atoms with Crippen LogP contribution in [0.1, 0.15) is 264 Å². The fourth-order valence-corrected chi connectivity index (χ4v) is 16.7. The van der Waals surface area contributed by atoms with E-state index in [1.165, 1.54) is 22.3 Å². The van der Waals surface area contributed by atoms with Gasteiger partial charge in [0.15, 0.2) is 0 Å². The van der Waals surface area contributed by atoms with Gasteiger partial charge in [0.05, 0.1) is 29.9 Å². The number of aromatic hydroxyl groups is 1. The lowest BCUT2D eigenvalue weighted by Crippen LogP contribution is -2.45. The lowest BCUT2D eigenvalue weighted by Gasteiger charge is -2.44. The van der Waals surface area contributed by atoms with E-state index >= 15 is 0 Å². The van der Waals surface area contributed by atoms with E-state index in [0.29, 0.717) is 44.6 Å². The van der Waals surface area contributed by atoms with Gasteiger partial charge in [0.25, 0.3) is 0 Å². The van der Waals surface area contributed by atoms with E-state index in [0.717, 1.165) is 84.3 Å². The summed E-state index contributed by atoms with van der Waals surface area (Å²) < 4.78 is 19.2. The van der Waals surface area contributed by atoms with Crippen molar-refractivity contribution in [2.24, 2.45) is 16.2 Å². The minimum atomic E-state index is -1.94. The lowest BCUT2D eigenvalue weighted by molar-refractivity contribution is -0.179. The molecule has 0 aliphatic heterocycles. The van der Waals surface area contributed by atoms with Crippen LogP contribution in [0.2, 0.25) is 10.0 Å². The first-order valence-electron chi connectivity index (χ1n) is 36.3. The van der Waals surface area contributed by atoms with Crippen molar-refractivity contribution in [1.29, 1.82) is 0 Å². The van der Waals surface area contributed by atoms with E-state index in [1.807, 2.05) is 12.1 Å². The van der Waals surface area contributed by atoms with Crippen molar-refractivity contribution in [2.75, 3.05) is 13.2 Å². The maximum atomic E-state index is 14.5. The van der Waals surface area contributed by atoms with E-state index in [1.54, 1.807) is 0 Å². The Labute approximate surface area is 605 Å². The van der Waals surface area contributed by atoms with Gasteiger partial charge in [-0.15, -0.1) is 0 Å². The molecule has 10 rings (SSSR count). The molecule has 2 atom stereocenters. The van der Waals surface area contributed by atoms with Gasteiger partial charge in [-0.25, -0.2) is 0 Å². The number of rotatable bonds is 14. The summed E-state index contributed by atoms with van der Waals surface area (Å²) in [5.41, 5.74) is 14.9. The van der Waals surface area contributed by atoms with Gasteiger partial charge in [0, 0.05) is 65.7 Å². The van der Waals surface area contributed by atoms with Gasteiger partial charge >= 0.3 is 0 Å². The largest absolute Gasteiger partial charge is 0.505 e. The molecule has 0 fully saturated rings. The van der Waals surface area contributed by atoms with Crippen LogP contribution in [0, 0.1) is 16.2 Å². The third-order valence-electron chi connectivity index (χ3n) is 20.7. The van der Waals surface area contributed by atoms with Crippen molar-refractivity contribution in [3.63, 3.8) is 0 Å². The minimum Gasteiger partial charge on any atom is -0.505 e. The summed E-state index contributed by atoms with van der Waals surface area (Å²) in [4.78, 5) is 0. The second-order valence-electron chi connectivity index (χ2n) is 39.2. The smallest absolute Gasteiger partial charge is 0.218 e. The molecule has 0 radical (unpaired) electrons. The second-order valence-corrected chi connectivity index (χ2v) is 40.0. The van der Waals surface area contributed by atoms with Gasteiger partial charge in [0.1, 0.15) is 17.5 Å². The maximum absolute atomic E-state index is 14.5. The van der Waals surface area contributed by atoms with E-state index < -0.39 is 11.8 Å². The first kappa shape index (κ1) is 75.4. The van der Waals surface area contributed by atoms with Gasteiger partial charge in [-0.05, 0) is 202 Å². The number of aliphatic hydroxyl groups is 1. The van der Waals surface area contributed by atoms with Gasteiger partial charge in [-0.2, -0.15) is 0 Å². The Kier molecular flexibility index (Phi) is 19.5. The highest BCUT2D eigenvalue weighted by molar-refractivity contribution is 6.32. The van der Waals surface area contributed by atoms with Crippen LogP contribution in [0.15, 0.2) is 133 Å². The van der Waals surface area contributed by atoms with E-state index in [9.17, 15) is 10.2 Å². The third-order valence-corrected chi connectivity index (χ3v) is 21.3. The molecular weight excluding hydrogens is 1260 g/mol. The highest BCUT2D eigenvalue weighted by atomic mass is 35.5. The Hall–Kier alpha value is -6.28. The molecule has 0 bridgehead atoms. The summed E-state index contributed by atoms with van der Waals surface area (Å²) in [6.07, 6.45) is 6.65. The lowest BCUT2D eigenvalue weighted by atomic mass is 9.68. The first-order valence-corrected chi connectivity index (χ1v) is 37.1. The molecular formula is C91H118Cl2N2O4. The van der Waals surface area contributed by atoms with Crippen LogP contribution in [0.5, 0.6) is 11.5 Å². The zero-order valence-electron chi connectivity index (χ0n) is 65.6. The van der Waals surface area contributed by atoms with Crippen molar-refractivity contribution in [3.05, 3.63) is 188 Å². The number of hydrogen-bond acceptors (Lipinski definition) is 4. The summed E-state index contributed by atoms with van der Waals surface area (Å²) in [6, 6.07) is 41.4. The summed E-state index contributed by atoms with van der Waals surface area (Å²) in [7, 11) is 0. The highest BCUT2D eigenvalue weighted by Crippen LogP contribution is 2.54. The number of aromatic nitrogens is 2. The molecule has 0 saturated heterocycles. The fraction of sp³-hybridized carbons (Fsp3) is 0.495. The van der Waals surface area contributed by atoms with E-state index in [2.05, 4.69) is 318 Å². The molecule has 1 aliphatic rings. The van der Waals surface area contributed by atoms with E-state index in [4.69, 9.17) is 32.7 Å². The van der Waals surface area contributed by atoms with Crippen LogP contribution in [0.4, 0.5) is 0 Å². The normalized spacial score (nSPS) is 16.8. The molecule has 9 aromatic rings. The number of nitrogens with zero attached hydrogens (tertiary/aromatic N) is 2. The van der Waals surface area contributed by atoms with Crippen molar-refractivity contribution in [1.82, 2.24) is 9.13 Å². The number of hydrogen-bond donors (Lipinski definition) is 2. The average Bonchev–Trinajstić information content (AvgIpc) is 1.63. The second kappa shape index (κ2) is 25.6. The first-order chi connectivity index (χ1) is 45.2. The van der Waals surface area contributed by atoms with Crippen molar-refractivity contribution in [3.8, 4) is 28.3 Å². The molecule has 6 nitrogen and oxygen atoms in total. The van der Waals surface area contributed by atoms with Gasteiger partial charge in [-0.3, -0.25) is 0 Å². The maximum Gasteiger partial charge on any atom is 0.218 e. The van der Waals surface area contributed by atoms with Crippen molar-refractivity contribution in [2.45, 2.75) is 263 Å². The van der Waals surface area contributed by atoms with Gasteiger partial charge < -0.3 is 28.8 Å². The molecule has 2 unspecified atom stereocenters.